The molecule has 1 unspecified atom stereocenters. The van der Waals surface area contributed by atoms with Crippen LogP contribution in [0.2, 0.25) is 5.02 Å². The lowest BCUT2D eigenvalue weighted by atomic mass is 10.1. The van der Waals surface area contributed by atoms with Crippen LogP contribution in [0.1, 0.15) is 28.8 Å². The lowest BCUT2D eigenvalue weighted by Crippen LogP contribution is -2.13. The van der Waals surface area contributed by atoms with Crippen molar-refractivity contribution < 1.29 is 9.47 Å². The molecule has 2 aromatic carbocycles. The smallest absolute Gasteiger partial charge is 0.238 e. The Morgan fingerprint density at radius 2 is 2.03 bits per heavy atom. The fourth-order valence-corrected chi connectivity index (χ4v) is 4.42. The highest BCUT2D eigenvalue weighted by Gasteiger charge is 2.30. The summed E-state index contributed by atoms with van der Waals surface area (Å²) in [4.78, 5) is 9.54. The van der Waals surface area contributed by atoms with E-state index < -0.39 is 0 Å². The highest BCUT2D eigenvalue weighted by atomic mass is 35.5. The van der Waals surface area contributed by atoms with Crippen LogP contribution in [0.4, 0.5) is 0 Å². The van der Waals surface area contributed by atoms with Gasteiger partial charge in [0.2, 0.25) is 5.90 Å². The molecule has 2 aliphatic rings. The fourth-order valence-electron chi connectivity index (χ4n) is 4.24. The molecule has 0 aliphatic carbocycles. The Labute approximate surface area is 189 Å². The zero-order chi connectivity index (χ0) is 21.7. The molecule has 0 spiro atoms. The van der Waals surface area contributed by atoms with Crippen LogP contribution in [-0.2, 0) is 22.6 Å². The summed E-state index contributed by atoms with van der Waals surface area (Å²) >= 11 is 6.33. The highest BCUT2D eigenvalue weighted by Crippen LogP contribution is 2.35. The number of imidazole rings is 1. The van der Waals surface area contributed by atoms with E-state index in [0.29, 0.717) is 36.4 Å². The number of halogens is 1. The van der Waals surface area contributed by atoms with Crippen molar-refractivity contribution in [2.45, 2.75) is 19.2 Å². The van der Waals surface area contributed by atoms with Gasteiger partial charge in [0.1, 0.15) is 31.3 Å². The number of nitrogens with zero attached hydrogens (tertiary/aromatic N) is 6. The van der Waals surface area contributed by atoms with E-state index in [0.717, 1.165) is 34.2 Å². The average molecular weight is 447 g/mol. The van der Waals surface area contributed by atoms with Gasteiger partial charge in [-0.25, -0.2) is 9.98 Å². The van der Waals surface area contributed by atoms with E-state index in [4.69, 9.17) is 31.1 Å². The molecule has 4 heterocycles. The zero-order valence-corrected chi connectivity index (χ0v) is 18.0. The molecule has 0 N–H and O–H groups in total. The molecule has 9 heteroatoms. The summed E-state index contributed by atoms with van der Waals surface area (Å²) in [5.74, 6) is 2.01. The minimum absolute atomic E-state index is 0.0463. The van der Waals surface area contributed by atoms with Gasteiger partial charge in [-0.05, 0) is 23.8 Å². The van der Waals surface area contributed by atoms with Crippen LogP contribution in [0.25, 0.3) is 17.1 Å². The number of rotatable bonds is 4. The minimum atomic E-state index is -0.0463. The molecule has 8 nitrogen and oxygen atoms in total. The molecule has 0 saturated heterocycles. The van der Waals surface area contributed by atoms with Crippen molar-refractivity contribution in [3.63, 3.8) is 0 Å². The van der Waals surface area contributed by atoms with E-state index in [-0.39, 0.29) is 6.04 Å². The first-order chi connectivity index (χ1) is 15.7. The molecule has 32 heavy (non-hydrogen) atoms. The molecule has 0 saturated carbocycles. The molecular formula is C23H19ClN6O2. The van der Waals surface area contributed by atoms with Crippen LogP contribution < -0.4 is 0 Å². The first-order valence-corrected chi connectivity index (χ1v) is 10.6. The molecular weight excluding hydrogens is 428 g/mol. The van der Waals surface area contributed by atoms with Crippen molar-refractivity contribution in [2.75, 3.05) is 13.7 Å². The van der Waals surface area contributed by atoms with Crippen LogP contribution in [0, 0.1) is 0 Å². The third-order valence-corrected chi connectivity index (χ3v) is 6.01. The van der Waals surface area contributed by atoms with Crippen molar-refractivity contribution in [2.24, 2.45) is 4.99 Å². The van der Waals surface area contributed by atoms with Gasteiger partial charge in [-0.3, -0.25) is 4.57 Å². The van der Waals surface area contributed by atoms with E-state index in [1.165, 1.54) is 0 Å². The van der Waals surface area contributed by atoms with Crippen LogP contribution in [0.15, 0.2) is 59.9 Å². The number of aliphatic imine (C=N–C) groups is 1. The van der Waals surface area contributed by atoms with Gasteiger partial charge in [0.05, 0.1) is 17.9 Å². The molecule has 6 rings (SSSR count). The number of methoxy groups -OCH3 is 1. The molecule has 160 valence electrons. The Bertz CT molecular complexity index is 1340. The molecule has 0 bridgehead atoms. The number of hydrogen-bond acceptors (Lipinski definition) is 6. The maximum atomic E-state index is 6.33. The van der Waals surface area contributed by atoms with Gasteiger partial charge in [-0.15, -0.1) is 10.2 Å². The van der Waals surface area contributed by atoms with Gasteiger partial charge >= 0.3 is 0 Å². The van der Waals surface area contributed by atoms with Gasteiger partial charge < -0.3 is 14.0 Å². The SMILES string of the molecule is COCc1nnc2n1Cc1c(C3=NC(c4ccccc4)CO3)ncn1-c1ccc(Cl)cc1-2. The van der Waals surface area contributed by atoms with Crippen molar-refractivity contribution in [1.29, 1.82) is 0 Å². The van der Waals surface area contributed by atoms with Gasteiger partial charge in [0, 0.05) is 17.7 Å². The monoisotopic (exact) mass is 446 g/mol. The Morgan fingerprint density at radius 3 is 2.88 bits per heavy atom. The Balaban J connectivity index is 1.49. The molecule has 0 radical (unpaired) electrons. The van der Waals surface area contributed by atoms with Crippen molar-refractivity contribution in [3.8, 4) is 17.1 Å². The number of ether oxygens (including phenoxy) is 2. The summed E-state index contributed by atoms with van der Waals surface area (Å²) in [6, 6.07) is 15.8. The third kappa shape index (κ3) is 3.03. The number of benzene rings is 2. The molecule has 0 amide bonds. The predicted octanol–water partition coefficient (Wildman–Crippen LogP) is 3.81. The van der Waals surface area contributed by atoms with Gasteiger partial charge in [0.15, 0.2) is 11.6 Å². The number of aromatic nitrogens is 5. The molecule has 0 fully saturated rings. The molecule has 2 aromatic heterocycles. The van der Waals surface area contributed by atoms with E-state index in [1.807, 2.05) is 45.5 Å². The van der Waals surface area contributed by atoms with E-state index in [2.05, 4.69) is 22.3 Å². The van der Waals surface area contributed by atoms with Gasteiger partial charge in [-0.2, -0.15) is 0 Å². The summed E-state index contributed by atoms with van der Waals surface area (Å²) in [5, 5.41) is 9.42. The summed E-state index contributed by atoms with van der Waals surface area (Å²) in [6.07, 6.45) is 1.80. The van der Waals surface area contributed by atoms with Crippen LogP contribution >= 0.6 is 11.6 Å². The number of hydrogen-bond donors (Lipinski definition) is 0. The minimum Gasteiger partial charge on any atom is -0.474 e. The maximum Gasteiger partial charge on any atom is 0.238 e. The Morgan fingerprint density at radius 1 is 1.16 bits per heavy atom. The maximum absolute atomic E-state index is 6.33. The lowest BCUT2D eigenvalue weighted by molar-refractivity contribution is 0.174. The largest absolute Gasteiger partial charge is 0.474 e. The quantitative estimate of drug-likeness (QED) is 0.419. The topological polar surface area (TPSA) is 79.3 Å². The standard InChI is InChI=1S/C23H19ClN6O2/c1-31-12-20-27-28-22-16-9-15(24)7-8-18(16)30-13-25-21(19(30)10-29(20)22)23-26-17(11-32-23)14-5-3-2-4-6-14/h2-9,13,17H,10-12H2,1H3. The van der Waals surface area contributed by atoms with E-state index in [1.54, 1.807) is 13.4 Å². The Hall–Kier alpha value is -3.49. The second kappa shape index (κ2) is 7.58. The second-order valence-electron chi connectivity index (χ2n) is 7.70. The van der Waals surface area contributed by atoms with Crippen molar-refractivity contribution in [3.05, 3.63) is 82.7 Å². The van der Waals surface area contributed by atoms with Gasteiger partial charge in [0.25, 0.3) is 0 Å². The average Bonchev–Trinajstić information content (AvgIpc) is 3.53. The predicted molar refractivity (Wildman–Crippen MR) is 119 cm³/mol. The van der Waals surface area contributed by atoms with Gasteiger partial charge in [-0.1, -0.05) is 41.9 Å². The van der Waals surface area contributed by atoms with Crippen LogP contribution in [0.3, 0.4) is 0 Å². The van der Waals surface area contributed by atoms with Crippen molar-refractivity contribution >= 4 is 17.5 Å². The van der Waals surface area contributed by atoms with Crippen LogP contribution in [0.5, 0.6) is 0 Å². The summed E-state index contributed by atoms with van der Waals surface area (Å²) in [5.41, 5.74) is 4.59. The Kier molecular flexibility index (Phi) is 4.55. The fraction of sp³-hybridized carbons (Fsp3) is 0.217. The number of fused-ring (bicyclic) bond motifs is 5. The molecule has 1 atom stereocenters. The zero-order valence-electron chi connectivity index (χ0n) is 17.3. The normalized spacial score (nSPS) is 16.6. The second-order valence-corrected chi connectivity index (χ2v) is 8.14. The molecule has 4 aromatic rings. The molecule has 2 aliphatic heterocycles. The summed E-state index contributed by atoms with van der Waals surface area (Å²) in [6.45, 7) is 1.34. The highest BCUT2D eigenvalue weighted by molar-refractivity contribution is 6.31. The van der Waals surface area contributed by atoms with Crippen molar-refractivity contribution in [1.82, 2.24) is 24.3 Å². The van der Waals surface area contributed by atoms with E-state index in [9.17, 15) is 0 Å². The first kappa shape index (κ1) is 19.2. The summed E-state index contributed by atoms with van der Waals surface area (Å²) in [7, 11) is 1.64. The van der Waals surface area contributed by atoms with Crippen LogP contribution in [-0.4, -0.2) is 43.9 Å². The first-order valence-electron chi connectivity index (χ1n) is 10.3. The third-order valence-electron chi connectivity index (χ3n) is 5.77. The summed E-state index contributed by atoms with van der Waals surface area (Å²) < 4.78 is 15.4. The van der Waals surface area contributed by atoms with E-state index >= 15 is 0 Å². The lowest BCUT2D eigenvalue weighted by Gasteiger charge is -2.09.